The first-order valence-corrected chi connectivity index (χ1v) is 5.57. The Balaban J connectivity index is 2.31. The number of alkyl halides is 1. The van der Waals surface area contributed by atoms with Crippen LogP contribution >= 0.6 is 15.9 Å². The fourth-order valence-electron chi connectivity index (χ4n) is 1.97. The highest BCUT2D eigenvalue weighted by molar-refractivity contribution is 9.10. The van der Waals surface area contributed by atoms with E-state index in [-0.39, 0.29) is 6.04 Å². The molecule has 1 aliphatic heterocycles. The third-order valence-corrected chi connectivity index (χ3v) is 3.24. The van der Waals surface area contributed by atoms with Gasteiger partial charge < -0.3 is 5.32 Å². The molecule has 1 saturated heterocycles. The summed E-state index contributed by atoms with van der Waals surface area (Å²) < 4.78 is 15.0. The summed E-state index contributed by atoms with van der Waals surface area (Å²) in [6.07, 6.45) is 0.587. The second-order valence-corrected chi connectivity index (χ2v) is 4.89. The molecule has 1 aromatic rings. The van der Waals surface area contributed by atoms with Crippen LogP contribution in [-0.2, 0) is 0 Å². The lowest BCUT2D eigenvalue weighted by atomic mass is 9.93. The van der Waals surface area contributed by atoms with E-state index in [1.54, 1.807) is 6.92 Å². The Morgan fingerprint density at radius 1 is 1.57 bits per heavy atom. The van der Waals surface area contributed by atoms with Crippen LogP contribution in [0.2, 0.25) is 0 Å². The molecule has 3 heteroatoms. The van der Waals surface area contributed by atoms with Crippen molar-refractivity contribution in [1.82, 2.24) is 5.32 Å². The lowest BCUT2D eigenvalue weighted by Crippen LogP contribution is -2.27. The van der Waals surface area contributed by atoms with Crippen molar-refractivity contribution in [1.29, 1.82) is 0 Å². The van der Waals surface area contributed by atoms with Crippen LogP contribution in [0.3, 0.4) is 0 Å². The van der Waals surface area contributed by atoms with E-state index in [9.17, 15) is 4.39 Å². The van der Waals surface area contributed by atoms with Crippen molar-refractivity contribution in [3.8, 4) is 0 Å². The van der Waals surface area contributed by atoms with Gasteiger partial charge in [0.2, 0.25) is 0 Å². The zero-order valence-corrected chi connectivity index (χ0v) is 9.64. The van der Waals surface area contributed by atoms with E-state index in [1.807, 2.05) is 24.3 Å². The van der Waals surface area contributed by atoms with Gasteiger partial charge in [-0.2, -0.15) is 0 Å². The SMILES string of the molecule is CC1(F)CCNC1c1cccc(Br)c1. The maximum atomic E-state index is 14.0. The zero-order chi connectivity index (χ0) is 10.2. The minimum atomic E-state index is -1.12. The first-order chi connectivity index (χ1) is 6.59. The lowest BCUT2D eigenvalue weighted by molar-refractivity contribution is 0.168. The van der Waals surface area contributed by atoms with Crippen molar-refractivity contribution >= 4 is 15.9 Å². The number of hydrogen-bond donors (Lipinski definition) is 1. The number of benzene rings is 1. The molecule has 0 bridgehead atoms. The van der Waals surface area contributed by atoms with Crippen LogP contribution in [0.5, 0.6) is 0 Å². The van der Waals surface area contributed by atoms with E-state index >= 15 is 0 Å². The second kappa shape index (κ2) is 3.63. The zero-order valence-electron chi connectivity index (χ0n) is 8.06. The molecule has 2 atom stereocenters. The Bertz CT molecular complexity index is 338. The van der Waals surface area contributed by atoms with Crippen LogP contribution in [-0.4, -0.2) is 12.2 Å². The molecule has 0 spiro atoms. The average molecular weight is 258 g/mol. The van der Waals surface area contributed by atoms with Crippen molar-refractivity contribution in [2.75, 3.05) is 6.54 Å². The van der Waals surface area contributed by atoms with Crippen LogP contribution in [0.15, 0.2) is 28.7 Å². The number of hydrogen-bond acceptors (Lipinski definition) is 1. The van der Waals surface area contributed by atoms with Crippen molar-refractivity contribution in [3.63, 3.8) is 0 Å². The van der Waals surface area contributed by atoms with Gasteiger partial charge in [0.15, 0.2) is 0 Å². The maximum Gasteiger partial charge on any atom is 0.128 e. The van der Waals surface area contributed by atoms with Crippen LogP contribution < -0.4 is 5.32 Å². The topological polar surface area (TPSA) is 12.0 Å². The van der Waals surface area contributed by atoms with E-state index in [4.69, 9.17) is 0 Å². The summed E-state index contributed by atoms with van der Waals surface area (Å²) in [5, 5.41) is 3.19. The summed E-state index contributed by atoms with van der Waals surface area (Å²) in [4.78, 5) is 0. The maximum absolute atomic E-state index is 14.0. The molecule has 0 saturated carbocycles. The third kappa shape index (κ3) is 1.84. The van der Waals surface area contributed by atoms with E-state index in [1.165, 1.54) is 0 Å². The molecule has 1 nitrogen and oxygen atoms in total. The van der Waals surface area contributed by atoms with Crippen molar-refractivity contribution in [2.24, 2.45) is 0 Å². The fourth-order valence-corrected chi connectivity index (χ4v) is 2.39. The Hall–Kier alpha value is -0.410. The molecule has 0 aromatic heterocycles. The van der Waals surface area contributed by atoms with E-state index in [0.29, 0.717) is 6.42 Å². The Morgan fingerprint density at radius 2 is 2.36 bits per heavy atom. The van der Waals surface area contributed by atoms with Crippen molar-refractivity contribution < 1.29 is 4.39 Å². The molecule has 14 heavy (non-hydrogen) atoms. The Kier molecular flexibility index (Phi) is 2.62. The molecule has 76 valence electrons. The Labute approximate surface area is 91.8 Å². The molecule has 2 rings (SSSR count). The molecule has 0 aliphatic carbocycles. The van der Waals surface area contributed by atoms with Crippen LogP contribution in [0.25, 0.3) is 0 Å². The summed E-state index contributed by atoms with van der Waals surface area (Å²) in [6.45, 7) is 2.42. The minimum absolute atomic E-state index is 0.167. The molecule has 1 fully saturated rings. The molecule has 1 N–H and O–H groups in total. The minimum Gasteiger partial charge on any atom is -0.307 e. The van der Waals surface area contributed by atoms with Gasteiger partial charge in [0.25, 0.3) is 0 Å². The third-order valence-electron chi connectivity index (χ3n) is 2.75. The van der Waals surface area contributed by atoms with E-state index in [2.05, 4.69) is 21.2 Å². The molecule has 2 unspecified atom stereocenters. The number of rotatable bonds is 1. The smallest absolute Gasteiger partial charge is 0.128 e. The van der Waals surface area contributed by atoms with Gasteiger partial charge in [0, 0.05) is 4.47 Å². The summed E-state index contributed by atoms with van der Waals surface area (Å²) in [6, 6.07) is 7.66. The van der Waals surface area contributed by atoms with E-state index in [0.717, 1.165) is 16.6 Å². The average Bonchev–Trinajstić information content (AvgIpc) is 2.45. The van der Waals surface area contributed by atoms with Crippen LogP contribution in [0, 0.1) is 0 Å². The number of nitrogens with one attached hydrogen (secondary N) is 1. The Morgan fingerprint density at radius 3 is 2.93 bits per heavy atom. The van der Waals surface area contributed by atoms with E-state index < -0.39 is 5.67 Å². The van der Waals surface area contributed by atoms with Gasteiger partial charge in [-0.1, -0.05) is 28.1 Å². The highest BCUT2D eigenvalue weighted by Crippen LogP contribution is 2.37. The highest BCUT2D eigenvalue weighted by atomic mass is 79.9. The lowest BCUT2D eigenvalue weighted by Gasteiger charge is -2.22. The second-order valence-electron chi connectivity index (χ2n) is 3.97. The van der Waals surface area contributed by atoms with Gasteiger partial charge in [0.1, 0.15) is 5.67 Å². The molecule has 0 amide bonds. The van der Waals surface area contributed by atoms with Crippen LogP contribution in [0.1, 0.15) is 24.9 Å². The van der Waals surface area contributed by atoms with Crippen molar-refractivity contribution in [2.45, 2.75) is 25.1 Å². The quantitative estimate of drug-likeness (QED) is 0.815. The summed E-state index contributed by atoms with van der Waals surface area (Å²) >= 11 is 3.40. The van der Waals surface area contributed by atoms with Crippen molar-refractivity contribution in [3.05, 3.63) is 34.3 Å². The van der Waals surface area contributed by atoms with Gasteiger partial charge in [-0.25, -0.2) is 4.39 Å². The first kappa shape index (κ1) is 10.1. The standard InChI is InChI=1S/C11H13BrFN/c1-11(13)5-6-14-10(11)8-3-2-4-9(12)7-8/h2-4,7,10,14H,5-6H2,1H3. The van der Waals surface area contributed by atoms with Gasteiger partial charge >= 0.3 is 0 Å². The first-order valence-electron chi connectivity index (χ1n) is 4.77. The largest absolute Gasteiger partial charge is 0.307 e. The monoisotopic (exact) mass is 257 g/mol. The normalized spacial score (nSPS) is 32.1. The summed E-state index contributed by atoms with van der Waals surface area (Å²) in [5.41, 5.74) is -0.109. The molecule has 1 heterocycles. The van der Waals surface area contributed by atoms with Gasteiger partial charge in [0.05, 0.1) is 6.04 Å². The molecular weight excluding hydrogens is 245 g/mol. The molecule has 1 aromatic carbocycles. The molecule has 1 aliphatic rings. The highest BCUT2D eigenvalue weighted by Gasteiger charge is 2.39. The van der Waals surface area contributed by atoms with Gasteiger partial charge in [-0.3, -0.25) is 0 Å². The summed E-state index contributed by atoms with van der Waals surface area (Å²) in [7, 11) is 0. The predicted octanol–water partition coefficient (Wildman–Crippen LogP) is 3.21. The fraction of sp³-hybridized carbons (Fsp3) is 0.455. The number of halogens is 2. The predicted molar refractivity (Wildman–Crippen MR) is 59.0 cm³/mol. The van der Waals surface area contributed by atoms with Gasteiger partial charge in [-0.05, 0) is 37.6 Å². The summed E-state index contributed by atoms with van der Waals surface area (Å²) in [5.74, 6) is 0. The van der Waals surface area contributed by atoms with Gasteiger partial charge in [-0.15, -0.1) is 0 Å². The molecule has 0 radical (unpaired) electrons. The molecular formula is C11H13BrFN. The van der Waals surface area contributed by atoms with Crippen LogP contribution in [0.4, 0.5) is 4.39 Å².